The van der Waals surface area contributed by atoms with Crippen LogP contribution in [0, 0.1) is 0 Å². The third-order valence-corrected chi connectivity index (χ3v) is 3.17. The predicted molar refractivity (Wildman–Crippen MR) is 71.0 cm³/mol. The van der Waals surface area contributed by atoms with Gasteiger partial charge < -0.3 is 15.7 Å². The zero-order valence-corrected chi connectivity index (χ0v) is 11.2. The van der Waals surface area contributed by atoms with Crippen molar-refractivity contribution < 1.29 is 23.1 Å². The lowest BCUT2D eigenvalue weighted by Gasteiger charge is -2.26. The molecule has 8 heteroatoms. The number of carbonyl (C=O) groups is 1. The van der Waals surface area contributed by atoms with Gasteiger partial charge in [-0.3, -0.25) is 9.69 Å². The molecule has 0 aliphatic carbocycles. The Morgan fingerprint density at radius 3 is 2.62 bits per heavy atom. The quantitative estimate of drug-likeness (QED) is 0.736. The Labute approximate surface area is 119 Å². The number of hydrogen-bond donors (Lipinski definition) is 3. The number of anilines is 1. The second kappa shape index (κ2) is 6.31. The molecule has 1 aromatic carbocycles. The van der Waals surface area contributed by atoms with Crippen molar-refractivity contribution in [1.29, 1.82) is 0 Å². The van der Waals surface area contributed by atoms with Crippen LogP contribution in [0.25, 0.3) is 0 Å². The number of nitrogens with one attached hydrogen (secondary N) is 2. The monoisotopic (exact) mass is 303 g/mol. The van der Waals surface area contributed by atoms with Crippen LogP contribution >= 0.6 is 0 Å². The van der Waals surface area contributed by atoms with Gasteiger partial charge in [0.25, 0.3) is 0 Å². The number of phenols is 1. The zero-order chi connectivity index (χ0) is 15.5. The predicted octanol–water partition coefficient (Wildman–Crippen LogP) is 1.25. The van der Waals surface area contributed by atoms with Gasteiger partial charge in [0.2, 0.25) is 5.91 Å². The number of benzene rings is 1. The molecule has 5 nitrogen and oxygen atoms in total. The lowest BCUT2D eigenvalue weighted by atomic mass is 10.1. The number of rotatable bonds is 3. The van der Waals surface area contributed by atoms with Crippen LogP contribution in [0.5, 0.6) is 5.75 Å². The smallest absolute Gasteiger partial charge is 0.416 e. The van der Waals surface area contributed by atoms with E-state index in [0.29, 0.717) is 13.1 Å². The van der Waals surface area contributed by atoms with E-state index in [0.717, 1.165) is 31.3 Å². The van der Waals surface area contributed by atoms with Gasteiger partial charge in [-0.15, -0.1) is 0 Å². The molecule has 1 fully saturated rings. The number of halogens is 3. The molecule has 21 heavy (non-hydrogen) atoms. The summed E-state index contributed by atoms with van der Waals surface area (Å²) >= 11 is 0. The summed E-state index contributed by atoms with van der Waals surface area (Å²) in [6, 6.07) is 2.41. The van der Waals surface area contributed by atoms with Crippen LogP contribution in [0.2, 0.25) is 0 Å². The summed E-state index contributed by atoms with van der Waals surface area (Å²) in [6.45, 7) is 3.01. The maximum atomic E-state index is 12.6. The van der Waals surface area contributed by atoms with Crippen molar-refractivity contribution in [1.82, 2.24) is 10.2 Å². The van der Waals surface area contributed by atoms with Crippen molar-refractivity contribution in [2.75, 3.05) is 38.0 Å². The minimum absolute atomic E-state index is 0.0807. The Morgan fingerprint density at radius 1 is 1.33 bits per heavy atom. The Bertz CT molecular complexity index is 514. The first-order valence-electron chi connectivity index (χ1n) is 6.49. The van der Waals surface area contributed by atoms with E-state index in [4.69, 9.17) is 0 Å². The zero-order valence-electron chi connectivity index (χ0n) is 11.2. The first kappa shape index (κ1) is 15.6. The highest BCUT2D eigenvalue weighted by Gasteiger charge is 2.31. The van der Waals surface area contributed by atoms with E-state index in [2.05, 4.69) is 10.6 Å². The number of phenolic OH excluding ortho intramolecular Hbond substituents is 1. The summed E-state index contributed by atoms with van der Waals surface area (Å²) in [6.07, 6.45) is -4.52. The second-order valence-corrected chi connectivity index (χ2v) is 4.80. The van der Waals surface area contributed by atoms with Gasteiger partial charge in [-0.2, -0.15) is 13.2 Å². The van der Waals surface area contributed by atoms with Gasteiger partial charge in [0.1, 0.15) is 5.75 Å². The molecule has 0 spiro atoms. The lowest BCUT2D eigenvalue weighted by Crippen LogP contribution is -2.46. The van der Waals surface area contributed by atoms with E-state index in [1.54, 1.807) is 0 Å². The molecule has 116 valence electrons. The van der Waals surface area contributed by atoms with Gasteiger partial charge in [0.15, 0.2) is 0 Å². The maximum absolute atomic E-state index is 12.6. The van der Waals surface area contributed by atoms with Gasteiger partial charge in [0, 0.05) is 26.2 Å². The molecule has 1 aliphatic heterocycles. The van der Waals surface area contributed by atoms with Gasteiger partial charge in [0.05, 0.1) is 17.8 Å². The van der Waals surface area contributed by atoms with Crippen molar-refractivity contribution in [3.8, 4) is 5.75 Å². The van der Waals surface area contributed by atoms with Gasteiger partial charge >= 0.3 is 6.18 Å². The van der Waals surface area contributed by atoms with Crippen LogP contribution in [0.1, 0.15) is 5.56 Å². The van der Waals surface area contributed by atoms with E-state index in [1.165, 1.54) is 0 Å². The van der Waals surface area contributed by atoms with Crippen LogP contribution in [-0.2, 0) is 11.0 Å². The van der Waals surface area contributed by atoms with Crippen molar-refractivity contribution in [3.63, 3.8) is 0 Å². The highest BCUT2D eigenvalue weighted by molar-refractivity contribution is 5.93. The highest BCUT2D eigenvalue weighted by atomic mass is 19.4. The fourth-order valence-electron chi connectivity index (χ4n) is 2.07. The minimum Gasteiger partial charge on any atom is -0.506 e. The number of nitrogens with zero attached hydrogens (tertiary/aromatic N) is 1. The third-order valence-electron chi connectivity index (χ3n) is 3.17. The lowest BCUT2D eigenvalue weighted by molar-refractivity contribution is -0.137. The Balaban J connectivity index is 2.02. The van der Waals surface area contributed by atoms with E-state index < -0.39 is 23.4 Å². The molecule has 1 heterocycles. The number of piperazine rings is 1. The molecule has 0 radical (unpaired) electrons. The normalized spacial score (nSPS) is 16.7. The van der Waals surface area contributed by atoms with E-state index in [1.807, 2.05) is 4.90 Å². The average molecular weight is 303 g/mol. The summed E-state index contributed by atoms with van der Waals surface area (Å²) in [5.74, 6) is -0.844. The molecule has 2 rings (SSSR count). The number of amides is 1. The molecule has 0 aromatic heterocycles. The van der Waals surface area contributed by atoms with Crippen LogP contribution in [0.15, 0.2) is 18.2 Å². The first-order chi connectivity index (χ1) is 9.86. The van der Waals surface area contributed by atoms with Crippen molar-refractivity contribution in [3.05, 3.63) is 23.8 Å². The van der Waals surface area contributed by atoms with Crippen LogP contribution in [0.4, 0.5) is 18.9 Å². The van der Waals surface area contributed by atoms with Crippen molar-refractivity contribution in [2.45, 2.75) is 6.18 Å². The highest BCUT2D eigenvalue weighted by Crippen LogP contribution is 2.34. The molecule has 1 amide bonds. The topological polar surface area (TPSA) is 64.6 Å². The van der Waals surface area contributed by atoms with Gasteiger partial charge in [-0.25, -0.2) is 0 Å². The molecule has 1 aromatic rings. The Kier molecular flexibility index (Phi) is 4.69. The molecule has 0 saturated carbocycles. The summed E-state index contributed by atoms with van der Waals surface area (Å²) in [4.78, 5) is 13.7. The van der Waals surface area contributed by atoms with Crippen molar-refractivity contribution >= 4 is 11.6 Å². The largest absolute Gasteiger partial charge is 0.506 e. The second-order valence-electron chi connectivity index (χ2n) is 4.80. The summed E-state index contributed by atoms with van der Waals surface area (Å²) in [5.41, 5.74) is -1.15. The summed E-state index contributed by atoms with van der Waals surface area (Å²) in [7, 11) is 0. The van der Waals surface area contributed by atoms with Gasteiger partial charge in [-0.1, -0.05) is 0 Å². The van der Waals surface area contributed by atoms with E-state index in [9.17, 15) is 23.1 Å². The molecule has 3 N–H and O–H groups in total. The molecular formula is C13H16F3N3O2. The van der Waals surface area contributed by atoms with Gasteiger partial charge in [-0.05, 0) is 18.2 Å². The molecule has 0 atom stereocenters. The van der Waals surface area contributed by atoms with Crippen LogP contribution in [-0.4, -0.2) is 48.6 Å². The SMILES string of the molecule is O=C(CN1CCNCC1)Nc1cc(C(F)(F)F)ccc1O. The molecular weight excluding hydrogens is 287 g/mol. The fourth-order valence-corrected chi connectivity index (χ4v) is 2.07. The number of aromatic hydroxyl groups is 1. The minimum atomic E-state index is -4.52. The average Bonchev–Trinajstić information content (AvgIpc) is 2.41. The standard InChI is InChI=1S/C13H16F3N3O2/c14-13(15,16)9-1-2-11(20)10(7-9)18-12(21)8-19-5-3-17-4-6-19/h1-2,7,17,20H,3-6,8H2,(H,18,21). The molecule has 0 unspecified atom stereocenters. The van der Waals surface area contributed by atoms with E-state index in [-0.39, 0.29) is 12.2 Å². The molecule has 0 bridgehead atoms. The first-order valence-corrected chi connectivity index (χ1v) is 6.49. The molecule has 1 aliphatic rings. The fraction of sp³-hybridized carbons (Fsp3) is 0.462. The maximum Gasteiger partial charge on any atom is 0.416 e. The molecule has 1 saturated heterocycles. The van der Waals surface area contributed by atoms with Crippen LogP contribution in [0.3, 0.4) is 0 Å². The summed E-state index contributed by atoms with van der Waals surface area (Å²) in [5, 5.41) is 15.0. The Morgan fingerprint density at radius 2 is 2.00 bits per heavy atom. The Hall–Kier alpha value is -1.80. The van der Waals surface area contributed by atoms with Crippen molar-refractivity contribution in [2.24, 2.45) is 0 Å². The number of carbonyl (C=O) groups excluding carboxylic acids is 1. The number of alkyl halides is 3. The number of hydrogen-bond acceptors (Lipinski definition) is 4. The van der Waals surface area contributed by atoms with Crippen LogP contribution < -0.4 is 10.6 Å². The third kappa shape index (κ3) is 4.33. The summed E-state index contributed by atoms with van der Waals surface area (Å²) < 4.78 is 37.8. The van der Waals surface area contributed by atoms with E-state index >= 15 is 0 Å².